The van der Waals surface area contributed by atoms with Gasteiger partial charge in [-0.1, -0.05) is 18.2 Å². The molecule has 0 atom stereocenters. The standard InChI is InChI=1S/C22H23NO4/c1-23(13-15-5-9-20-21(11-15)27-14-26-20)22(25)10-8-19(24)18-7-6-16-3-2-4-17(16)12-18/h5-7,9,11-12H,2-4,8,10,13-14H2,1H3. The third-order valence-electron chi connectivity index (χ3n) is 5.27. The van der Waals surface area contributed by atoms with Gasteiger partial charge in [-0.2, -0.15) is 0 Å². The fourth-order valence-electron chi connectivity index (χ4n) is 3.70. The van der Waals surface area contributed by atoms with Crippen LogP contribution in [0.4, 0.5) is 0 Å². The summed E-state index contributed by atoms with van der Waals surface area (Å²) >= 11 is 0. The van der Waals surface area contributed by atoms with Crippen LogP contribution in [0.15, 0.2) is 36.4 Å². The predicted molar refractivity (Wildman–Crippen MR) is 101 cm³/mol. The van der Waals surface area contributed by atoms with E-state index in [9.17, 15) is 9.59 Å². The summed E-state index contributed by atoms with van der Waals surface area (Å²) in [6.07, 6.45) is 3.77. The summed E-state index contributed by atoms with van der Waals surface area (Å²) in [6.45, 7) is 0.709. The minimum atomic E-state index is -0.0397. The first kappa shape index (κ1) is 17.6. The Hall–Kier alpha value is -2.82. The van der Waals surface area contributed by atoms with Gasteiger partial charge in [-0.15, -0.1) is 0 Å². The Kier molecular flexibility index (Phi) is 4.84. The lowest BCUT2D eigenvalue weighted by molar-refractivity contribution is -0.130. The van der Waals surface area contributed by atoms with Crippen LogP contribution in [0.2, 0.25) is 0 Å². The SMILES string of the molecule is CN(Cc1ccc2c(c1)OCO2)C(=O)CCC(=O)c1ccc2c(c1)CCC2. The predicted octanol–water partition coefficient (Wildman–Crippen LogP) is 3.53. The highest BCUT2D eigenvalue weighted by Crippen LogP contribution is 2.32. The lowest BCUT2D eigenvalue weighted by atomic mass is 10.0. The molecule has 2 aromatic rings. The third kappa shape index (κ3) is 3.82. The summed E-state index contributed by atoms with van der Waals surface area (Å²) in [5.74, 6) is 1.43. The molecule has 1 amide bonds. The monoisotopic (exact) mass is 365 g/mol. The second-order valence-electron chi connectivity index (χ2n) is 7.20. The van der Waals surface area contributed by atoms with E-state index in [1.54, 1.807) is 11.9 Å². The number of ketones is 1. The van der Waals surface area contributed by atoms with Crippen molar-refractivity contribution in [2.24, 2.45) is 0 Å². The van der Waals surface area contributed by atoms with Crippen molar-refractivity contribution in [3.8, 4) is 11.5 Å². The highest BCUT2D eigenvalue weighted by atomic mass is 16.7. The molecule has 140 valence electrons. The quantitative estimate of drug-likeness (QED) is 0.735. The van der Waals surface area contributed by atoms with Crippen molar-refractivity contribution in [3.05, 3.63) is 58.7 Å². The molecule has 1 heterocycles. The van der Waals surface area contributed by atoms with E-state index in [0.29, 0.717) is 12.3 Å². The minimum absolute atomic E-state index is 0.0366. The van der Waals surface area contributed by atoms with Gasteiger partial charge in [0.05, 0.1) is 0 Å². The smallest absolute Gasteiger partial charge is 0.231 e. The van der Waals surface area contributed by atoms with Gasteiger partial charge < -0.3 is 14.4 Å². The van der Waals surface area contributed by atoms with E-state index in [1.165, 1.54) is 11.1 Å². The van der Waals surface area contributed by atoms with Gasteiger partial charge in [0.25, 0.3) is 0 Å². The zero-order valence-corrected chi connectivity index (χ0v) is 15.5. The van der Waals surface area contributed by atoms with Crippen LogP contribution in [0.3, 0.4) is 0 Å². The fraction of sp³-hybridized carbons (Fsp3) is 0.364. The molecule has 1 aliphatic heterocycles. The fourth-order valence-corrected chi connectivity index (χ4v) is 3.70. The van der Waals surface area contributed by atoms with Gasteiger partial charge in [0.15, 0.2) is 17.3 Å². The van der Waals surface area contributed by atoms with Gasteiger partial charge in [-0.3, -0.25) is 9.59 Å². The molecule has 0 N–H and O–H groups in total. The molecule has 0 bridgehead atoms. The molecule has 2 aromatic carbocycles. The average Bonchev–Trinajstić information content (AvgIpc) is 3.33. The summed E-state index contributed by atoms with van der Waals surface area (Å²) in [6, 6.07) is 11.6. The number of carbonyl (C=O) groups is 2. The maximum Gasteiger partial charge on any atom is 0.231 e. The first-order chi connectivity index (χ1) is 13.1. The third-order valence-corrected chi connectivity index (χ3v) is 5.27. The van der Waals surface area contributed by atoms with Gasteiger partial charge in [-0.05, 0) is 54.2 Å². The van der Waals surface area contributed by atoms with Crippen LogP contribution in [0, 0.1) is 0 Å². The molecule has 0 radical (unpaired) electrons. The Morgan fingerprint density at radius 2 is 1.78 bits per heavy atom. The first-order valence-corrected chi connectivity index (χ1v) is 9.37. The number of carbonyl (C=O) groups excluding carboxylic acids is 2. The van der Waals surface area contributed by atoms with Gasteiger partial charge in [0.1, 0.15) is 0 Å². The maximum atomic E-state index is 12.5. The van der Waals surface area contributed by atoms with Crippen molar-refractivity contribution in [2.45, 2.75) is 38.6 Å². The number of amides is 1. The molecule has 2 aliphatic rings. The van der Waals surface area contributed by atoms with Crippen LogP contribution in [0.1, 0.15) is 46.3 Å². The normalized spacial score (nSPS) is 14.1. The minimum Gasteiger partial charge on any atom is -0.454 e. The number of hydrogen-bond acceptors (Lipinski definition) is 4. The van der Waals surface area contributed by atoms with E-state index >= 15 is 0 Å². The van der Waals surface area contributed by atoms with Crippen molar-refractivity contribution in [2.75, 3.05) is 13.8 Å². The van der Waals surface area contributed by atoms with Crippen molar-refractivity contribution in [3.63, 3.8) is 0 Å². The molecule has 4 rings (SSSR count). The number of nitrogens with zero attached hydrogens (tertiary/aromatic N) is 1. The maximum absolute atomic E-state index is 12.5. The summed E-state index contributed by atoms with van der Waals surface area (Å²) in [7, 11) is 1.76. The molecular weight excluding hydrogens is 342 g/mol. The van der Waals surface area contributed by atoms with Crippen LogP contribution >= 0.6 is 0 Å². The zero-order valence-electron chi connectivity index (χ0n) is 15.5. The van der Waals surface area contributed by atoms with Crippen molar-refractivity contribution in [1.82, 2.24) is 4.90 Å². The lowest BCUT2D eigenvalue weighted by Gasteiger charge is -2.17. The van der Waals surface area contributed by atoms with E-state index in [4.69, 9.17) is 9.47 Å². The Morgan fingerprint density at radius 1 is 0.963 bits per heavy atom. The average molecular weight is 365 g/mol. The van der Waals surface area contributed by atoms with E-state index in [-0.39, 0.29) is 31.3 Å². The van der Waals surface area contributed by atoms with Crippen LogP contribution in [-0.2, 0) is 24.2 Å². The van der Waals surface area contributed by atoms with E-state index in [0.717, 1.165) is 36.1 Å². The molecule has 0 fully saturated rings. The van der Waals surface area contributed by atoms with Crippen molar-refractivity contribution >= 4 is 11.7 Å². The van der Waals surface area contributed by atoms with E-state index < -0.39 is 0 Å². The number of fused-ring (bicyclic) bond motifs is 2. The first-order valence-electron chi connectivity index (χ1n) is 9.37. The lowest BCUT2D eigenvalue weighted by Crippen LogP contribution is -2.26. The van der Waals surface area contributed by atoms with Crippen molar-refractivity contribution < 1.29 is 19.1 Å². The molecule has 5 nitrogen and oxygen atoms in total. The second kappa shape index (κ2) is 7.43. The Morgan fingerprint density at radius 3 is 2.67 bits per heavy atom. The van der Waals surface area contributed by atoms with Gasteiger partial charge >= 0.3 is 0 Å². The number of ether oxygens (including phenoxy) is 2. The number of Topliss-reactive ketones (excluding diaryl/α,β-unsaturated/α-hetero) is 1. The van der Waals surface area contributed by atoms with Crippen LogP contribution < -0.4 is 9.47 Å². The molecular formula is C22H23NO4. The highest BCUT2D eigenvalue weighted by Gasteiger charge is 2.18. The molecule has 1 aliphatic carbocycles. The molecule has 0 unspecified atom stereocenters. The van der Waals surface area contributed by atoms with Crippen LogP contribution in [0.5, 0.6) is 11.5 Å². The summed E-state index contributed by atoms with van der Waals surface area (Å²) < 4.78 is 10.7. The molecule has 27 heavy (non-hydrogen) atoms. The molecule has 0 aromatic heterocycles. The van der Waals surface area contributed by atoms with E-state index in [1.807, 2.05) is 30.3 Å². The molecule has 0 saturated heterocycles. The van der Waals surface area contributed by atoms with Crippen LogP contribution in [0.25, 0.3) is 0 Å². The van der Waals surface area contributed by atoms with Gasteiger partial charge in [-0.25, -0.2) is 0 Å². The number of hydrogen-bond donors (Lipinski definition) is 0. The molecule has 0 saturated carbocycles. The van der Waals surface area contributed by atoms with E-state index in [2.05, 4.69) is 6.07 Å². The Bertz CT molecular complexity index is 890. The Labute approximate surface area is 158 Å². The zero-order chi connectivity index (χ0) is 18.8. The van der Waals surface area contributed by atoms with Crippen LogP contribution in [-0.4, -0.2) is 30.4 Å². The summed E-state index contributed by atoms with van der Waals surface area (Å²) in [5.41, 5.74) is 4.33. The number of rotatable bonds is 6. The Balaban J connectivity index is 1.31. The summed E-state index contributed by atoms with van der Waals surface area (Å²) in [4.78, 5) is 26.5. The van der Waals surface area contributed by atoms with Crippen molar-refractivity contribution in [1.29, 1.82) is 0 Å². The molecule has 5 heteroatoms. The molecule has 0 spiro atoms. The number of aryl methyl sites for hydroxylation is 2. The number of benzene rings is 2. The van der Waals surface area contributed by atoms with Gasteiger partial charge in [0.2, 0.25) is 12.7 Å². The topological polar surface area (TPSA) is 55.8 Å². The highest BCUT2D eigenvalue weighted by molar-refractivity contribution is 5.98. The largest absolute Gasteiger partial charge is 0.454 e. The summed E-state index contributed by atoms with van der Waals surface area (Å²) in [5, 5.41) is 0. The second-order valence-corrected chi connectivity index (χ2v) is 7.20. The van der Waals surface area contributed by atoms with Gasteiger partial charge in [0, 0.05) is 32.0 Å².